The summed E-state index contributed by atoms with van der Waals surface area (Å²) in [4.78, 5) is 32.6. The molecular weight excluding hydrogens is 606 g/mol. The highest BCUT2D eigenvalue weighted by Gasteiger charge is 2.21. The number of rotatable bonds is 8. The van der Waals surface area contributed by atoms with E-state index in [1.165, 1.54) is 23.0 Å². The fourth-order valence-corrected chi connectivity index (χ4v) is 6.29. The summed E-state index contributed by atoms with van der Waals surface area (Å²) in [6.07, 6.45) is 3.63. The van der Waals surface area contributed by atoms with Crippen LogP contribution >= 0.6 is 11.3 Å². The number of carbonyl (C=O) groups excluding carboxylic acids is 1. The number of amides is 1. The number of halogens is 2. The first-order valence-electron chi connectivity index (χ1n) is 14.8. The summed E-state index contributed by atoms with van der Waals surface area (Å²) < 4.78 is 30.4. The molecule has 1 aliphatic rings. The van der Waals surface area contributed by atoms with E-state index < -0.39 is 23.1 Å². The SMILES string of the molecule is CN1CCN(Cc2cccc(Nc3nccc(-c4c(-c5cccc(NC(=O)c6c(F)cccc6F)c5)nc5sccn45)n3)c2)CC1. The van der Waals surface area contributed by atoms with E-state index in [1.54, 1.807) is 24.4 Å². The maximum Gasteiger partial charge on any atom is 0.261 e. The Kier molecular flexibility index (Phi) is 8.22. The highest BCUT2D eigenvalue weighted by atomic mass is 32.1. The van der Waals surface area contributed by atoms with E-state index in [0.29, 0.717) is 28.6 Å². The van der Waals surface area contributed by atoms with Crippen molar-refractivity contribution in [2.24, 2.45) is 0 Å². The van der Waals surface area contributed by atoms with E-state index in [1.807, 2.05) is 40.2 Å². The van der Waals surface area contributed by atoms with Crippen LogP contribution in [0.1, 0.15) is 15.9 Å². The average molecular weight is 637 g/mol. The van der Waals surface area contributed by atoms with Crippen molar-refractivity contribution in [3.8, 4) is 22.6 Å². The molecule has 1 aliphatic heterocycles. The van der Waals surface area contributed by atoms with Gasteiger partial charge >= 0.3 is 0 Å². The van der Waals surface area contributed by atoms with Crippen LogP contribution in [0.4, 0.5) is 26.1 Å². The maximum absolute atomic E-state index is 14.2. The van der Waals surface area contributed by atoms with Crippen molar-refractivity contribution in [2.75, 3.05) is 43.9 Å². The highest BCUT2D eigenvalue weighted by Crippen LogP contribution is 2.35. The molecule has 0 aliphatic carbocycles. The van der Waals surface area contributed by atoms with Gasteiger partial charge in [-0.3, -0.25) is 14.1 Å². The third-order valence-electron chi connectivity index (χ3n) is 7.93. The molecule has 6 aromatic rings. The predicted molar refractivity (Wildman–Crippen MR) is 176 cm³/mol. The smallest absolute Gasteiger partial charge is 0.261 e. The molecule has 1 fully saturated rings. The monoisotopic (exact) mass is 636 g/mol. The summed E-state index contributed by atoms with van der Waals surface area (Å²) in [5.74, 6) is -2.29. The van der Waals surface area contributed by atoms with Gasteiger partial charge in [0, 0.05) is 67.4 Å². The molecule has 1 amide bonds. The molecule has 7 rings (SSSR count). The average Bonchev–Trinajstić information content (AvgIpc) is 3.65. The van der Waals surface area contributed by atoms with Crippen LogP contribution in [-0.4, -0.2) is 68.3 Å². The highest BCUT2D eigenvalue weighted by molar-refractivity contribution is 7.15. The minimum Gasteiger partial charge on any atom is -0.324 e. The molecule has 3 aromatic carbocycles. The van der Waals surface area contributed by atoms with Crippen LogP contribution in [0, 0.1) is 11.6 Å². The molecule has 12 heteroatoms. The number of carbonyl (C=O) groups is 1. The number of anilines is 3. The lowest BCUT2D eigenvalue weighted by molar-refractivity contribution is 0.101. The second-order valence-electron chi connectivity index (χ2n) is 11.2. The third-order valence-corrected chi connectivity index (χ3v) is 8.69. The predicted octanol–water partition coefficient (Wildman–Crippen LogP) is 6.54. The number of hydrogen-bond acceptors (Lipinski definition) is 8. The molecule has 0 saturated carbocycles. The van der Waals surface area contributed by atoms with Gasteiger partial charge in [0.2, 0.25) is 5.95 Å². The Morgan fingerprint density at radius 2 is 1.67 bits per heavy atom. The van der Waals surface area contributed by atoms with Crippen molar-refractivity contribution in [2.45, 2.75) is 6.54 Å². The summed E-state index contributed by atoms with van der Waals surface area (Å²) in [5, 5.41) is 7.92. The fourth-order valence-electron chi connectivity index (χ4n) is 5.58. The largest absolute Gasteiger partial charge is 0.324 e. The maximum atomic E-state index is 14.2. The fraction of sp³-hybridized carbons (Fsp3) is 0.176. The Balaban J connectivity index is 1.16. The Hall–Kier alpha value is -5.04. The number of fused-ring (bicyclic) bond motifs is 1. The number of benzene rings is 3. The van der Waals surface area contributed by atoms with Crippen molar-refractivity contribution in [1.82, 2.24) is 29.2 Å². The van der Waals surface area contributed by atoms with Crippen LogP contribution in [0.25, 0.3) is 27.6 Å². The van der Waals surface area contributed by atoms with E-state index >= 15 is 0 Å². The number of imidazole rings is 1. The Morgan fingerprint density at radius 3 is 2.50 bits per heavy atom. The van der Waals surface area contributed by atoms with Gasteiger partial charge < -0.3 is 15.5 Å². The molecule has 0 bridgehead atoms. The van der Waals surface area contributed by atoms with Crippen LogP contribution < -0.4 is 10.6 Å². The molecule has 0 unspecified atom stereocenters. The number of piperazine rings is 1. The van der Waals surface area contributed by atoms with Crippen molar-refractivity contribution in [1.29, 1.82) is 0 Å². The van der Waals surface area contributed by atoms with Gasteiger partial charge in [-0.25, -0.2) is 23.7 Å². The molecule has 46 heavy (non-hydrogen) atoms. The van der Waals surface area contributed by atoms with Gasteiger partial charge in [0.25, 0.3) is 5.91 Å². The number of hydrogen-bond donors (Lipinski definition) is 2. The van der Waals surface area contributed by atoms with E-state index in [2.05, 4.69) is 44.6 Å². The lowest BCUT2D eigenvalue weighted by Crippen LogP contribution is -2.43. The molecule has 0 atom stereocenters. The molecule has 4 heterocycles. The van der Waals surface area contributed by atoms with Crippen molar-refractivity contribution < 1.29 is 13.6 Å². The first-order valence-corrected chi connectivity index (χ1v) is 15.7. The molecular formula is C34H30F2N8OS. The minimum absolute atomic E-state index is 0.369. The van der Waals surface area contributed by atoms with Gasteiger partial charge in [0.05, 0.1) is 11.4 Å². The number of aromatic nitrogens is 4. The number of nitrogens with one attached hydrogen (secondary N) is 2. The normalized spacial score (nSPS) is 14.1. The number of thiazole rings is 1. The first-order chi connectivity index (χ1) is 22.4. The molecule has 0 radical (unpaired) electrons. The molecule has 0 spiro atoms. The summed E-state index contributed by atoms with van der Waals surface area (Å²) in [5.41, 5.74) is 4.57. The lowest BCUT2D eigenvalue weighted by atomic mass is 10.1. The minimum atomic E-state index is -0.930. The zero-order valence-corrected chi connectivity index (χ0v) is 25.8. The zero-order valence-electron chi connectivity index (χ0n) is 25.0. The van der Waals surface area contributed by atoms with Gasteiger partial charge in [0.1, 0.15) is 22.9 Å². The first kappa shape index (κ1) is 29.7. The van der Waals surface area contributed by atoms with Gasteiger partial charge in [-0.15, -0.1) is 11.3 Å². The Bertz CT molecular complexity index is 2010. The summed E-state index contributed by atoms with van der Waals surface area (Å²) in [6.45, 7) is 5.11. The summed E-state index contributed by atoms with van der Waals surface area (Å²) in [6, 6.07) is 20.4. The van der Waals surface area contributed by atoms with Crippen molar-refractivity contribution >= 4 is 39.5 Å². The standard InChI is InChI=1S/C34H30F2N8OS/c1-42-13-15-43(16-14-42)21-22-5-2-7-24(19-22)39-33-37-12-11-28(40-33)31-30(41-34-44(31)17-18-46-34)23-6-3-8-25(20-23)38-32(45)29-26(35)9-4-10-27(29)36/h2-12,17-20H,13-16,21H2,1H3,(H,38,45)(H,37,39,40). The Labute approximate surface area is 268 Å². The van der Waals surface area contributed by atoms with Crippen molar-refractivity contribution in [3.05, 3.63) is 113 Å². The quantitative estimate of drug-likeness (QED) is 0.196. The van der Waals surface area contributed by atoms with E-state index in [4.69, 9.17) is 9.97 Å². The second-order valence-corrected chi connectivity index (χ2v) is 12.0. The topological polar surface area (TPSA) is 90.7 Å². The molecule has 232 valence electrons. The van der Waals surface area contributed by atoms with E-state index in [9.17, 15) is 13.6 Å². The lowest BCUT2D eigenvalue weighted by Gasteiger charge is -2.32. The van der Waals surface area contributed by atoms with Gasteiger partial charge in [0.15, 0.2) is 4.96 Å². The van der Waals surface area contributed by atoms with E-state index in [0.717, 1.165) is 61.2 Å². The molecule has 1 saturated heterocycles. The number of likely N-dealkylation sites (N-methyl/N-ethyl adjacent to an activating group) is 1. The van der Waals surface area contributed by atoms with Crippen LogP contribution in [-0.2, 0) is 6.54 Å². The van der Waals surface area contributed by atoms with Crippen LogP contribution in [0.5, 0.6) is 0 Å². The van der Waals surface area contributed by atoms with Crippen LogP contribution in [0.3, 0.4) is 0 Å². The van der Waals surface area contributed by atoms with Crippen LogP contribution in [0.2, 0.25) is 0 Å². The van der Waals surface area contributed by atoms with Crippen molar-refractivity contribution in [3.63, 3.8) is 0 Å². The summed E-state index contributed by atoms with van der Waals surface area (Å²) in [7, 11) is 2.16. The number of nitrogens with zero attached hydrogens (tertiary/aromatic N) is 6. The Morgan fingerprint density at radius 1 is 0.913 bits per heavy atom. The second kappa shape index (κ2) is 12.8. The summed E-state index contributed by atoms with van der Waals surface area (Å²) >= 11 is 1.48. The third kappa shape index (κ3) is 6.23. The zero-order chi connectivity index (χ0) is 31.6. The van der Waals surface area contributed by atoms with Gasteiger partial charge in [-0.05, 0) is 55.1 Å². The molecule has 3 aromatic heterocycles. The molecule has 2 N–H and O–H groups in total. The van der Waals surface area contributed by atoms with E-state index in [-0.39, 0.29) is 0 Å². The van der Waals surface area contributed by atoms with Gasteiger partial charge in [-0.1, -0.05) is 30.3 Å². The molecule has 9 nitrogen and oxygen atoms in total. The van der Waals surface area contributed by atoms with Gasteiger partial charge in [-0.2, -0.15) is 0 Å². The van der Waals surface area contributed by atoms with Crippen LogP contribution in [0.15, 0.2) is 90.6 Å².